The summed E-state index contributed by atoms with van der Waals surface area (Å²) < 4.78 is 41.8. The largest absolute Gasteiger partial charge is 0.466 e. The van der Waals surface area contributed by atoms with Crippen molar-refractivity contribution in [2.24, 2.45) is 5.92 Å². The van der Waals surface area contributed by atoms with Crippen LogP contribution in [0.5, 0.6) is 0 Å². The van der Waals surface area contributed by atoms with Gasteiger partial charge in [0.05, 0.1) is 13.0 Å². The first-order valence-corrected chi connectivity index (χ1v) is 5.70. The molecule has 3 nitrogen and oxygen atoms in total. The molecule has 0 aliphatic rings. The zero-order valence-electron chi connectivity index (χ0n) is 8.97. The van der Waals surface area contributed by atoms with Gasteiger partial charge in [0.25, 0.3) is 0 Å². The molecule has 7 heteroatoms. The second kappa shape index (κ2) is 6.78. The van der Waals surface area contributed by atoms with Crippen LogP contribution >= 0.6 is 11.8 Å². The third-order valence-electron chi connectivity index (χ3n) is 1.64. The van der Waals surface area contributed by atoms with E-state index < -0.39 is 29.6 Å². The number of esters is 1. The lowest BCUT2D eigenvalue weighted by Crippen LogP contribution is -2.32. The van der Waals surface area contributed by atoms with Gasteiger partial charge in [0.15, 0.2) is 0 Å². The van der Waals surface area contributed by atoms with Crippen molar-refractivity contribution >= 4 is 22.8 Å². The summed E-state index contributed by atoms with van der Waals surface area (Å²) in [5, 5.41) is -1.04. The molecule has 0 aromatic rings. The van der Waals surface area contributed by atoms with Crippen LogP contribution in [-0.4, -0.2) is 29.6 Å². The van der Waals surface area contributed by atoms with Crippen LogP contribution in [0.2, 0.25) is 0 Å². The molecule has 0 aliphatic heterocycles. The quantitative estimate of drug-likeness (QED) is 0.710. The topological polar surface area (TPSA) is 43.4 Å². The molecule has 0 amide bonds. The molecule has 1 unspecified atom stereocenters. The lowest BCUT2D eigenvalue weighted by Gasteiger charge is -2.17. The van der Waals surface area contributed by atoms with Gasteiger partial charge in [-0.1, -0.05) is 18.7 Å². The Morgan fingerprint density at radius 2 is 1.88 bits per heavy atom. The molecule has 94 valence electrons. The van der Waals surface area contributed by atoms with E-state index in [9.17, 15) is 22.8 Å². The van der Waals surface area contributed by atoms with Crippen LogP contribution in [0.3, 0.4) is 0 Å². The van der Waals surface area contributed by atoms with Crippen molar-refractivity contribution in [1.82, 2.24) is 0 Å². The molecule has 0 aliphatic carbocycles. The van der Waals surface area contributed by atoms with Gasteiger partial charge in [0, 0.05) is 0 Å². The van der Waals surface area contributed by atoms with E-state index in [1.54, 1.807) is 6.92 Å². The normalized spacial score (nSPS) is 13.3. The monoisotopic (exact) mass is 258 g/mol. The lowest BCUT2D eigenvalue weighted by molar-refractivity contribution is -0.184. The highest BCUT2D eigenvalue weighted by Gasteiger charge is 2.46. The number of ether oxygens (including phenoxy) is 1. The van der Waals surface area contributed by atoms with Crippen molar-refractivity contribution in [1.29, 1.82) is 0 Å². The van der Waals surface area contributed by atoms with E-state index >= 15 is 0 Å². The Kier molecular flexibility index (Phi) is 6.47. The van der Waals surface area contributed by atoms with Crippen molar-refractivity contribution in [3.63, 3.8) is 0 Å². The molecule has 0 radical (unpaired) electrons. The van der Waals surface area contributed by atoms with Gasteiger partial charge in [0.1, 0.15) is 5.92 Å². The molecule has 0 aromatic heterocycles. The van der Waals surface area contributed by atoms with Gasteiger partial charge in [-0.05, 0) is 12.7 Å². The van der Waals surface area contributed by atoms with Gasteiger partial charge in [-0.15, -0.1) is 0 Å². The maximum absolute atomic E-state index is 12.5. The number of rotatable bonds is 5. The summed E-state index contributed by atoms with van der Waals surface area (Å²) in [4.78, 5) is 22.1. The minimum Gasteiger partial charge on any atom is -0.466 e. The maximum atomic E-state index is 12.5. The SMILES string of the molecule is CCOC(=O)CC(C(=O)SCC)C(F)(F)F. The first kappa shape index (κ1) is 15.3. The first-order chi connectivity index (χ1) is 7.32. The fourth-order valence-corrected chi connectivity index (χ4v) is 1.66. The average Bonchev–Trinajstić information content (AvgIpc) is 2.13. The predicted molar refractivity (Wildman–Crippen MR) is 53.9 cm³/mol. The van der Waals surface area contributed by atoms with Gasteiger partial charge in [-0.3, -0.25) is 9.59 Å². The van der Waals surface area contributed by atoms with Gasteiger partial charge < -0.3 is 4.74 Å². The number of hydrogen-bond acceptors (Lipinski definition) is 4. The summed E-state index contributed by atoms with van der Waals surface area (Å²) in [5.41, 5.74) is 0. The first-order valence-electron chi connectivity index (χ1n) is 4.71. The van der Waals surface area contributed by atoms with Gasteiger partial charge >= 0.3 is 12.1 Å². The number of carbonyl (C=O) groups is 2. The molecule has 0 rings (SSSR count). The second-order valence-electron chi connectivity index (χ2n) is 2.86. The van der Waals surface area contributed by atoms with Gasteiger partial charge in [0.2, 0.25) is 5.12 Å². The third kappa shape index (κ3) is 5.39. The van der Waals surface area contributed by atoms with Crippen LogP contribution in [0.25, 0.3) is 0 Å². The Labute approximate surface area is 95.7 Å². The Morgan fingerprint density at radius 1 is 1.31 bits per heavy atom. The molecular weight excluding hydrogens is 245 g/mol. The lowest BCUT2D eigenvalue weighted by atomic mass is 10.1. The zero-order chi connectivity index (χ0) is 12.8. The summed E-state index contributed by atoms with van der Waals surface area (Å²) in [6.07, 6.45) is -5.64. The minimum atomic E-state index is -4.70. The number of thioether (sulfide) groups is 1. The molecule has 0 fully saturated rings. The molecule has 0 aromatic carbocycles. The van der Waals surface area contributed by atoms with E-state index in [4.69, 9.17) is 0 Å². The summed E-state index contributed by atoms with van der Waals surface area (Å²) >= 11 is 0.560. The van der Waals surface area contributed by atoms with Crippen LogP contribution < -0.4 is 0 Å². The predicted octanol–water partition coefficient (Wildman–Crippen LogP) is 2.40. The number of hydrogen-bond donors (Lipinski definition) is 0. The van der Waals surface area contributed by atoms with Crippen LogP contribution in [0, 0.1) is 5.92 Å². The Bertz CT molecular complexity index is 253. The molecule has 0 bridgehead atoms. The third-order valence-corrected chi connectivity index (χ3v) is 2.50. The molecule has 1 atom stereocenters. The van der Waals surface area contributed by atoms with Crippen molar-refractivity contribution in [3.05, 3.63) is 0 Å². The Morgan fingerprint density at radius 3 is 2.25 bits per heavy atom. The highest BCUT2D eigenvalue weighted by Crippen LogP contribution is 2.33. The molecule has 0 heterocycles. The van der Waals surface area contributed by atoms with Crippen LogP contribution in [0.15, 0.2) is 0 Å². The van der Waals surface area contributed by atoms with E-state index in [1.165, 1.54) is 6.92 Å². The highest BCUT2D eigenvalue weighted by molar-refractivity contribution is 8.13. The number of halogens is 3. The van der Waals surface area contributed by atoms with Crippen LogP contribution in [-0.2, 0) is 14.3 Å². The Hall–Kier alpha value is -0.720. The molecule has 0 spiro atoms. The summed E-state index contributed by atoms with van der Waals surface area (Å²) in [6.45, 7) is 3.06. The standard InChI is InChI=1S/C9H13F3O3S/c1-3-15-7(13)5-6(9(10,11)12)8(14)16-4-2/h6H,3-5H2,1-2H3. The van der Waals surface area contributed by atoms with E-state index in [2.05, 4.69) is 4.74 Å². The average molecular weight is 258 g/mol. The number of carbonyl (C=O) groups excluding carboxylic acids is 2. The molecule has 16 heavy (non-hydrogen) atoms. The molecule has 0 saturated carbocycles. The van der Waals surface area contributed by atoms with Gasteiger partial charge in [-0.25, -0.2) is 0 Å². The minimum absolute atomic E-state index is 0.00147. The number of alkyl halides is 3. The summed E-state index contributed by atoms with van der Waals surface area (Å²) in [7, 11) is 0. The van der Waals surface area contributed by atoms with E-state index in [0.29, 0.717) is 11.8 Å². The smallest absolute Gasteiger partial charge is 0.400 e. The second-order valence-corrected chi connectivity index (χ2v) is 4.12. The highest BCUT2D eigenvalue weighted by atomic mass is 32.2. The zero-order valence-corrected chi connectivity index (χ0v) is 9.78. The summed E-state index contributed by atoms with van der Waals surface area (Å²) in [6, 6.07) is 0. The fourth-order valence-electron chi connectivity index (χ4n) is 0.962. The van der Waals surface area contributed by atoms with Crippen molar-refractivity contribution in [2.45, 2.75) is 26.4 Å². The van der Waals surface area contributed by atoms with Crippen LogP contribution in [0.4, 0.5) is 13.2 Å². The fraction of sp³-hybridized carbons (Fsp3) is 0.778. The van der Waals surface area contributed by atoms with Crippen molar-refractivity contribution in [2.75, 3.05) is 12.4 Å². The molecule has 0 saturated heterocycles. The van der Waals surface area contributed by atoms with Gasteiger partial charge in [-0.2, -0.15) is 13.2 Å². The van der Waals surface area contributed by atoms with Crippen molar-refractivity contribution < 1.29 is 27.5 Å². The maximum Gasteiger partial charge on any atom is 0.400 e. The Balaban J connectivity index is 4.57. The van der Waals surface area contributed by atoms with Crippen LogP contribution in [0.1, 0.15) is 20.3 Å². The van der Waals surface area contributed by atoms with E-state index in [0.717, 1.165) is 0 Å². The van der Waals surface area contributed by atoms with E-state index in [-0.39, 0.29) is 12.4 Å². The van der Waals surface area contributed by atoms with Crippen molar-refractivity contribution in [3.8, 4) is 0 Å². The van der Waals surface area contributed by atoms with E-state index in [1.807, 2.05) is 0 Å². The molecular formula is C9H13F3O3S. The summed E-state index contributed by atoms with van der Waals surface area (Å²) in [5.74, 6) is -3.03. The molecule has 0 N–H and O–H groups in total.